The van der Waals surface area contributed by atoms with E-state index in [4.69, 9.17) is 11.0 Å². The predicted molar refractivity (Wildman–Crippen MR) is 60.5 cm³/mol. The summed E-state index contributed by atoms with van der Waals surface area (Å²) < 4.78 is 0. The highest BCUT2D eigenvalue weighted by molar-refractivity contribution is 5.75. The van der Waals surface area contributed by atoms with Gasteiger partial charge in [0.2, 0.25) is 5.91 Å². The Labute approximate surface area is 94.3 Å². The smallest absolute Gasteiger partial charge is 0.219 e. The fourth-order valence-corrected chi connectivity index (χ4v) is 1.36. The van der Waals surface area contributed by atoms with Crippen LogP contribution in [-0.4, -0.2) is 16.4 Å². The highest BCUT2D eigenvalue weighted by Crippen LogP contribution is 2.15. The number of aromatic nitrogens is 1. The predicted octanol–water partition coefficient (Wildman–Crippen LogP) is 1.02. The summed E-state index contributed by atoms with van der Waals surface area (Å²) in [5, 5.41) is 11.7. The number of amides is 1. The van der Waals surface area contributed by atoms with E-state index in [2.05, 4.69) is 10.3 Å². The summed E-state index contributed by atoms with van der Waals surface area (Å²) in [6, 6.07) is 5.34. The molecule has 0 aliphatic carbocycles. The molecule has 3 N–H and O–H groups in total. The maximum atomic E-state index is 10.8. The quantitative estimate of drug-likeness (QED) is 0.789. The van der Waals surface area contributed by atoms with E-state index in [0.29, 0.717) is 11.4 Å². The van der Waals surface area contributed by atoms with Gasteiger partial charge in [0.15, 0.2) is 0 Å². The monoisotopic (exact) mass is 218 g/mol. The number of primary amides is 1. The first kappa shape index (κ1) is 12.0. The molecule has 0 fully saturated rings. The first-order valence-electron chi connectivity index (χ1n) is 4.85. The van der Waals surface area contributed by atoms with E-state index in [1.807, 2.05) is 19.9 Å². The summed E-state index contributed by atoms with van der Waals surface area (Å²) in [4.78, 5) is 14.9. The van der Waals surface area contributed by atoms with Crippen LogP contribution in [0.15, 0.2) is 18.3 Å². The molecular weight excluding hydrogens is 204 g/mol. The number of nitrogens with zero attached hydrogens (tertiary/aromatic N) is 2. The molecular formula is C11H14N4O. The summed E-state index contributed by atoms with van der Waals surface area (Å²) in [5.74, 6) is 0.247. The summed E-state index contributed by atoms with van der Waals surface area (Å²) in [5.41, 5.74) is 5.18. The lowest BCUT2D eigenvalue weighted by Crippen LogP contribution is -2.36. The van der Waals surface area contributed by atoms with Crippen molar-refractivity contribution >= 4 is 11.7 Å². The Morgan fingerprint density at radius 2 is 2.31 bits per heavy atom. The molecule has 0 unspecified atom stereocenters. The minimum absolute atomic E-state index is 0.217. The van der Waals surface area contributed by atoms with Crippen molar-refractivity contribution in [3.63, 3.8) is 0 Å². The van der Waals surface area contributed by atoms with Gasteiger partial charge in [-0.15, -0.1) is 0 Å². The number of anilines is 1. The van der Waals surface area contributed by atoms with Crippen molar-refractivity contribution in [2.45, 2.75) is 25.8 Å². The topological polar surface area (TPSA) is 91.8 Å². The van der Waals surface area contributed by atoms with E-state index in [9.17, 15) is 4.79 Å². The second-order valence-corrected chi connectivity index (χ2v) is 4.20. The van der Waals surface area contributed by atoms with E-state index in [1.54, 1.807) is 12.1 Å². The maximum Gasteiger partial charge on any atom is 0.219 e. The molecule has 0 atom stereocenters. The van der Waals surface area contributed by atoms with Crippen molar-refractivity contribution in [2.24, 2.45) is 5.73 Å². The van der Waals surface area contributed by atoms with E-state index < -0.39 is 5.54 Å². The van der Waals surface area contributed by atoms with Crippen LogP contribution in [0.1, 0.15) is 25.8 Å². The lowest BCUT2D eigenvalue weighted by atomic mass is 10.0. The molecule has 1 heterocycles. The molecule has 1 aromatic rings. The fourth-order valence-electron chi connectivity index (χ4n) is 1.36. The number of nitrogens with two attached hydrogens (primary N) is 1. The highest BCUT2D eigenvalue weighted by Gasteiger charge is 2.20. The van der Waals surface area contributed by atoms with Crippen molar-refractivity contribution in [3.05, 3.63) is 23.9 Å². The number of nitriles is 1. The number of hydrogen-bond acceptors (Lipinski definition) is 4. The van der Waals surface area contributed by atoms with Gasteiger partial charge in [0.05, 0.1) is 5.56 Å². The third-order valence-electron chi connectivity index (χ3n) is 1.98. The first-order chi connectivity index (χ1) is 7.43. The Kier molecular flexibility index (Phi) is 3.46. The van der Waals surface area contributed by atoms with Crippen LogP contribution >= 0.6 is 0 Å². The Morgan fingerprint density at radius 3 is 2.75 bits per heavy atom. The summed E-state index contributed by atoms with van der Waals surface area (Å²) >= 11 is 0. The second-order valence-electron chi connectivity index (χ2n) is 4.20. The van der Waals surface area contributed by atoms with Crippen LogP contribution < -0.4 is 11.1 Å². The minimum atomic E-state index is -0.451. The molecule has 1 rings (SSSR count). The normalized spacial score (nSPS) is 10.6. The lowest BCUT2D eigenvalue weighted by Gasteiger charge is -2.25. The van der Waals surface area contributed by atoms with Gasteiger partial charge in [-0.25, -0.2) is 4.98 Å². The third kappa shape index (κ3) is 3.58. The molecule has 0 spiro atoms. The maximum absolute atomic E-state index is 10.8. The van der Waals surface area contributed by atoms with E-state index >= 15 is 0 Å². The molecule has 0 aliphatic heterocycles. The zero-order valence-electron chi connectivity index (χ0n) is 9.32. The van der Waals surface area contributed by atoms with Crippen LogP contribution in [-0.2, 0) is 4.79 Å². The molecule has 0 radical (unpaired) electrons. The number of rotatable bonds is 4. The van der Waals surface area contributed by atoms with Gasteiger partial charge in [-0.1, -0.05) is 0 Å². The van der Waals surface area contributed by atoms with Gasteiger partial charge in [-0.05, 0) is 26.0 Å². The van der Waals surface area contributed by atoms with Crippen molar-refractivity contribution in [3.8, 4) is 6.07 Å². The molecule has 5 heteroatoms. The minimum Gasteiger partial charge on any atom is -0.370 e. The molecule has 0 aliphatic rings. The first-order valence-corrected chi connectivity index (χ1v) is 4.85. The van der Waals surface area contributed by atoms with Gasteiger partial charge in [-0.2, -0.15) is 5.26 Å². The van der Waals surface area contributed by atoms with Crippen LogP contribution in [0.3, 0.4) is 0 Å². The van der Waals surface area contributed by atoms with Crippen LogP contribution in [0.4, 0.5) is 5.82 Å². The van der Waals surface area contributed by atoms with Gasteiger partial charge in [0.1, 0.15) is 11.9 Å². The number of pyridine rings is 1. The SMILES string of the molecule is CC(C)(CC(N)=O)Nc1ccc(C#N)cn1. The zero-order chi connectivity index (χ0) is 12.2. The van der Waals surface area contributed by atoms with Crippen LogP contribution in [0.25, 0.3) is 0 Å². The molecule has 0 saturated carbocycles. The van der Waals surface area contributed by atoms with E-state index in [0.717, 1.165) is 0 Å². The molecule has 16 heavy (non-hydrogen) atoms. The summed E-state index contributed by atoms with van der Waals surface area (Å²) in [7, 11) is 0. The Morgan fingerprint density at radius 1 is 1.62 bits per heavy atom. The standard InChI is InChI=1S/C11H14N4O/c1-11(2,5-9(13)16)15-10-4-3-8(6-12)7-14-10/h3-4,7H,5H2,1-2H3,(H2,13,16)(H,14,15). The largest absolute Gasteiger partial charge is 0.370 e. The number of hydrogen-bond donors (Lipinski definition) is 2. The second kappa shape index (κ2) is 4.62. The third-order valence-corrected chi connectivity index (χ3v) is 1.98. The van der Waals surface area contributed by atoms with Crippen LogP contribution in [0.5, 0.6) is 0 Å². The molecule has 1 amide bonds. The molecule has 1 aromatic heterocycles. The number of carbonyl (C=O) groups is 1. The summed E-state index contributed by atoms with van der Waals surface area (Å²) in [6.07, 6.45) is 1.69. The average molecular weight is 218 g/mol. The van der Waals surface area contributed by atoms with Crippen molar-refractivity contribution in [2.75, 3.05) is 5.32 Å². The molecule has 0 saturated heterocycles. The van der Waals surface area contributed by atoms with Crippen LogP contribution in [0.2, 0.25) is 0 Å². The van der Waals surface area contributed by atoms with Gasteiger partial charge < -0.3 is 11.1 Å². The Balaban J connectivity index is 2.72. The molecule has 84 valence electrons. The van der Waals surface area contributed by atoms with Crippen LogP contribution in [0, 0.1) is 11.3 Å². The number of carbonyl (C=O) groups excluding carboxylic acids is 1. The number of nitrogens with one attached hydrogen (secondary N) is 1. The molecule has 5 nitrogen and oxygen atoms in total. The van der Waals surface area contributed by atoms with Gasteiger partial charge >= 0.3 is 0 Å². The van der Waals surface area contributed by atoms with Gasteiger partial charge in [0, 0.05) is 18.2 Å². The highest BCUT2D eigenvalue weighted by atomic mass is 16.1. The molecule has 0 aromatic carbocycles. The molecule has 0 bridgehead atoms. The van der Waals surface area contributed by atoms with Crippen molar-refractivity contribution in [1.82, 2.24) is 4.98 Å². The van der Waals surface area contributed by atoms with Gasteiger partial charge in [0.25, 0.3) is 0 Å². The Hall–Kier alpha value is -2.09. The average Bonchev–Trinajstić information content (AvgIpc) is 2.16. The Bertz CT molecular complexity index is 417. The zero-order valence-corrected chi connectivity index (χ0v) is 9.32. The van der Waals surface area contributed by atoms with Crippen molar-refractivity contribution in [1.29, 1.82) is 5.26 Å². The summed E-state index contributed by atoms with van der Waals surface area (Å²) in [6.45, 7) is 3.72. The lowest BCUT2D eigenvalue weighted by molar-refractivity contribution is -0.118. The fraction of sp³-hybridized carbons (Fsp3) is 0.364. The van der Waals surface area contributed by atoms with E-state index in [-0.39, 0.29) is 12.3 Å². The van der Waals surface area contributed by atoms with Gasteiger partial charge in [-0.3, -0.25) is 4.79 Å². The van der Waals surface area contributed by atoms with E-state index in [1.165, 1.54) is 6.20 Å². The van der Waals surface area contributed by atoms with Crippen molar-refractivity contribution < 1.29 is 4.79 Å².